The maximum atomic E-state index is 11.6. The van der Waals surface area contributed by atoms with E-state index < -0.39 is 11.1 Å². The molecule has 0 saturated heterocycles. The van der Waals surface area contributed by atoms with E-state index in [0.717, 1.165) is 5.56 Å². The summed E-state index contributed by atoms with van der Waals surface area (Å²) in [5.74, 6) is -0.239. The van der Waals surface area contributed by atoms with Crippen LogP contribution in [0.5, 0.6) is 6.01 Å². The van der Waals surface area contributed by atoms with Gasteiger partial charge in [-0.15, -0.1) is 0 Å². The molecule has 2 heterocycles. The third-order valence-electron chi connectivity index (χ3n) is 3.74. The van der Waals surface area contributed by atoms with Gasteiger partial charge >= 0.3 is 18.0 Å². The molecule has 1 aromatic heterocycles. The quantitative estimate of drug-likeness (QED) is 0.449. The summed E-state index contributed by atoms with van der Waals surface area (Å²) in [5.41, 5.74) is 0.878. The van der Waals surface area contributed by atoms with Crippen LogP contribution in [0.2, 0.25) is 0 Å². The molecular formula is C16H17N3O6. The predicted molar refractivity (Wildman–Crippen MR) is 85.1 cm³/mol. The van der Waals surface area contributed by atoms with Crippen molar-refractivity contribution in [1.29, 1.82) is 0 Å². The van der Waals surface area contributed by atoms with Gasteiger partial charge in [0.25, 0.3) is 0 Å². The molecular weight excluding hydrogens is 330 g/mol. The van der Waals surface area contributed by atoms with E-state index in [-0.39, 0.29) is 31.1 Å². The molecule has 1 aliphatic rings. The van der Waals surface area contributed by atoms with Gasteiger partial charge in [-0.2, -0.15) is 0 Å². The summed E-state index contributed by atoms with van der Waals surface area (Å²) >= 11 is 0. The maximum Gasteiger partial charge on any atom is 0.508 e. The third-order valence-corrected chi connectivity index (χ3v) is 3.74. The summed E-state index contributed by atoms with van der Waals surface area (Å²) in [6, 6.07) is 9.52. The summed E-state index contributed by atoms with van der Waals surface area (Å²) in [6.45, 7) is 0.862. The fourth-order valence-electron chi connectivity index (χ4n) is 2.45. The van der Waals surface area contributed by atoms with Gasteiger partial charge in [-0.05, 0) is 10.5 Å². The summed E-state index contributed by atoms with van der Waals surface area (Å²) in [6.07, 6.45) is 1.51. The zero-order valence-electron chi connectivity index (χ0n) is 13.4. The lowest BCUT2D eigenvalue weighted by Gasteiger charge is -2.21. The molecule has 0 aliphatic carbocycles. The second-order valence-corrected chi connectivity index (χ2v) is 5.52. The minimum atomic E-state index is -0.739. The number of ether oxygens (including phenoxy) is 3. The zero-order valence-corrected chi connectivity index (χ0v) is 13.4. The smallest absolute Gasteiger partial charge is 0.442 e. The molecule has 0 saturated carbocycles. The van der Waals surface area contributed by atoms with Crippen LogP contribution in [0.15, 0.2) is 36.5 Å². The second-order valence-electron chi connectivity index (χ2n) is 5.52. The van der Waals surface area contributed by atoms with Crippen LogP contribution in [-0.2, 0) is 22.6 Å². The molecule has 0 spiro atoms. The van der Waals surface area contributed by atoms with E-state index in [4.69, 9.17) is 14.2 Å². The Labute approximate surface area is 143 Å². The molecule has 1 aromatic carbocycles. The van der Waals surface area contributed by atoms with Gasteiger partial charge in [-0.1, -0.05) is 30.3 Å². The number of nitrogens with zero attached hydrogens (tertiary/aromatic N) is 3. The van der Waals surface area contributed by atoms with E-state index in [1.807, 2.05) is 30.3 Å². The Morgan fingerprint density at radius 1 is 1.36 bits per heavy atom. The van der Waals surface area contributed by atoms with E-state index in [2.05, 4.69) is 4.98 Å². The lowest BCUT2D eigenvalue weighted by atomic mass is 10.2. The van der Waals surface area contributed by atoms with Crippen LogP contribution in [0, 0.1) is 10.1 Å². The van der Waals surface area contributed by atoms with Gasteiger partial charge in [0.15, 0.2) is 0 Å². The van der Waals surface area contributed by atoms with Gasteiger partial charge in [-0.3, -0.25) is 4.57 Å². The number of benzene rings is 1. The largest absolute Gasteiger partial charge is 0.508 e. The Bertz CT molecular complexity index is 746. The summed E-state index contributed by atoms with van der Waals surface area (Å²) < 4.78 is 17.2. The third kappa shape index (κ3) is 4.46. The normalized spacial score (nSPS) is 15.8. The molecule has 0 unspecified atom stereocenters. The minimum Gasteiger partial charge on any atom is -0.442 e. The highest BCUT2D eigenvalue weighted by Crippen LogP contribution is 2.25. The minimum absolute atomic E-state index is 0.140. The fraction of sp³-hybridized carbons (Fsp3) is 0.375. The van der Waals surface area contributed by atoms with E-state index in [1.165, 1.54) is 6.20 Å². The van der Waals surface area contributed by atoms with Gasteiger partial charge in [0.2, 0.25) is 0 Å². The van der Waals surface area contributed by atoms with Crippen molar-refractivity contribution in [1.82, 2.24) is 9.55 Å². The molecule has 0 bridgehead atoms. The first-order valence-electron chi connectivity index (χ1n) is 7.83. The fourth-order valence-corrected chi connectivity index (χ4v) is 2.45. The highest BCUT2D eigenvalue weighted by Gasteiger charge is 2.28. The van der Waals surface area contributed by atoms with Crippen molar-refractivity contribution in [2.24, 2.45) is 0 Å². The van der Waals surface area contributed by atoms with Crippen molar-refractivity contribution < 1.29 is 23.9 Å². The topological polar surface area (TPSA) is 106 Å². The van der Waals surface area contributed by atoms with Crippen LogP contribution in [-0.4, -0.2) is 33.3 Å². The van der Waals surface area contributed by atoms with Gasteiger partial charge in [0.1, 0.15) is 18.9 Å². The number of fused-ring (bicyclic) bond motifs is 1. The lowest BCUT2D eigenvalue weighted by Crippen LogP contribution is -2.27. The standard InChI is InChI=1S/C16H17N3O6/c20-16(24-11-12-4-2-1-3-5-12)23-9-7-13-6-8-18-10-14(19(21)22)17-15(18)25-13/h1-5,10,13H,6-9,11H2/t13-/m1/s1. The van der Waals surface area contributed by atoms with E-state index >= 15 is 0 Å². The Morgan fingerprint density at radius 2 is 2.16 bits per heavy atom. The van der Waals surface area contributed by atoms with Crippen molar-refractivity contribution in [2.45, 2.75) is 32.1 Å². The average Bonchev–Trinajstić information content (AvgIpc) is 3.04. The van der Waals surface area contributed by atoms with Crippen molar-refractivity contribution in [3.05, 3.63) is 52.2 Å². The first-order valence-corrected chi connectivity index (χ1v) is 7.83. The van der Waals surface area contributed by atoms with Gasteiger partial charge in [0.05, 0.1) is 6.61 Å². The predicted octanol–water partition coefficient (Wildman–Crippen LogP) is 2.69. The SMILES string of the molecule is O=C(OCC[C@H]1CCn2cc([N+](=O)[O-])nc2O1)OCc1ccccc1. The summed E-state index contributed by atoms with van der Waals surface area (Å²) in [4.78, 5) is 25.5. The Hall–Kier alpha value is -3.10. The van der Waals surface area contributed by atoms with Crippen molar-refractivity contribution in [3.8, 4) is 6.01 Å². The number of aryl methyl sites for hydroxylation is 1. The van der Waals surface area contributed by atoms with Gasteiger partial charge in [-0.25, -0.2) is 4.79 Å². The molecule has 2 aromatic rings. The first-order chi connectivity index (χ1) is 12.1. The van der Waals surface area contributed by atoms with Gasteiger partial charge < -0.3 is 24.3 Å². The number of hydrogen-bond donors (Lipinski definition) is 0. The van der Waals surface area contributed by atoms with E-state index in [1.54, 1.807) is 4.57 Å². The maximum absolute atomic E-state index is 11.6. The molecule has 0 amide bonds. The van der Waals surface area contributed by atoms with E-state index in [9.17, 15) is 14.9 Å². The van der Waals surface area contributed by atoms with Crippen LogP contribution in [0.4, 0.5) is 10.6 Å². The number of rotatable bonds is 6. The number of hydrogen-bond acceptors (Lipinski definition) is 7. The Balaban J connectivity index is 1.39. The van der Waals surface area contributed by atoms with Crippen molar-refractivity contribution in [2.75, 3.05) is 6.61 Å². The zero-order chi connectivity index (χ0) is 17.6. The number of nitro groups is 1. The number of carbonyl (C=O) groups excluding carboxylic acids is 1. The molecule has 1 atom stereocenters. The van der Waals surface area contributed by atoms with Crippen LogP contribution >= 0.6 is 0 Å². The van der Waals surface area contributed by atoms with Crippen molar-refractivity contribution >= 4 is 12.0 Å². The molecule has 9 nitrogen and oxygen atoms in total. The second kappa shape index (κ2) is 7.65. The summed E-state index contributed by atoms with van der Waals surface area (Å²) in [7, 11) is 0. The number of carbonyl (C=O) groups is 1. The van der Waals surface area contributed by atoms with Crippen LogP contribution in [0.3, 0.4) is 0 Å². The Kier molecular flexibility index (Phi) is 5.12. The molecule has 1 aliphatic heterocycles. The monoisotopic (exact) mass is 347 g/mol. The van der Waals surface area contributed by atoms with E-state index in [0.29, 0.717) is 19.4 Å². The highest BCUT2D eigenvalue weighted by atomic mass is 16.7. The first kappa shape index (κ1) is 16.7. The average molecular weight is 347 g/mol. The summed E-state index contributed by atoms with van der Waals surface area (Å²) in [5, 5.41) is 10.7. The molecule has 25 heavy (non-hydrogen) atoms. The van der Waals surface area contributed by atoms with Gasteiger partial charge in [0, 0.05) is 24.4 Å². The molecule has 0 radical (unpaired) electrons. The molecule has 132 valence electrons. The van der Waals surface area contributed by atoms with Crippen LogP contribution in [0.25, 0.3) is 0 Å². The molecule has 9 heteroatoms. The Morgan fingerprint density at radius 3 is 2.92 bits per heavy atom. The van der Waals surface area contributed by atoms with Crippen LogP contribution in [0.1, 0.15) is 18.4 Å². The van der Waals surface area contributed by atoms with Crippen molar-refractivity contribution in [3.63, 3.8) is 0 Å². The molecule has 0 fully saturated rings. The highest BCUT2D eigenvalue weighted by molar-refractivity contribution is 5.59. The molecule has 0 N–H and O–H groups in total. The number of aromatic nitrogens is 2. The number of imidazole rings is 1. The molecule has 3 rings (SSSR count). The lowest BCUT2D eigenvalue weighted by molar-refractivity contribution is -0.389. The van der Waals surface area contributed by atoms with Crippen LogP contribution < -0.4 is 4.74 Å².